The molecule has 0 heterocycles. The second-order valence-electron chi connectivity index (χ2n) is 14.8. The normalized spacial score (nSPS) is 11.6. The van der Waals surface area contributed by atoms with Gasteiger partial charge in [0.15, 0.2) is 0 Å². The zero-order valence-corrected chi connectivity index (χ0v) is 30.8. The minimum Gasteiger partial charge on any atom is -0.0616 e. The van der Waals surface area contributed by atoms with Gasteiger partial charge < -0.3 is 0 Å². The van der Waals surface area contributed by atoms with Crippen LogP contribution < -0.4 is 0 Å². The largest absolute Gasteiger partial charge is 0.0616 e. The average Bonchev–Trinajstić information content (AvgIpc) is 3.27. The van der Waals surface area contributed by atoms with Gasteiger partial charge in [-0.2, -0.15) is 0 Å². The molecule has 0 aliphatic carbocycles. The quantitative estimate of drug-likeness (QED) is 0.156. The van der Waals surface area contributed by atoms with Gasteiger partial charge in [0.2, 0.25) is 0 Å². The van der Waals surface area contributed by atoms with Gasteiger partial charge in [-0.15, -0.1) is 0 Å². The molecule has 0 unspecified atom stereocenters. The first-order valence-corrected chi connectivity index (χ1v) is 19.4. The SMILES string of the molecule is c1cc(-c2cccc3ccccc23)cc(-c2cccc3c(-c4cccc5ccccc45)c4ccccc4c(-c4ccc(-c5ccc6ccccc6c5)cc4)c23)c1. The Balaban J connectivity index is 1.20. The van der Waals surface area contributed by atoms with Gasteiger partial charge in [-0.1, -0.05) is 206 Å². The molecule has 0 heteroatoms. The summed E-state index contributed by atoms with van der Waals surface area (Å²) in [7, 11) is 0. The van der Waals surface area contributed by atoms with Crippen LogP contribution in [0.3, 0.4) is 0 Å². The molecule has 0 radical (unpaired) electrons. The minimum atomic E-state index is 1.20. The summed E-state index contributed by atoms with van der Waals surface area (Å²) >= 11 is 0. The van der Waals surface area contributed by atoms with Gasteiger partial charge in [0.1, 0.15) is 0 Å². The molecule has 0 fully saturated rings. The van der Waals surface area contributed by atoms with E-state index in [2.05, 4.69) is 218 Å². The Morgan fingerprint density at radius 3 is 1.39 bits per heavy atom. The van der Waals surface area contributed by atoms with Gasteiger partial charge in [-0.3, -0.25) is 0 Å². The van der Waals surface area contributed by atoms with E-state index < -0.39 is 0 Å². The van der Waals surface area contributed by atoms with Crippen molar-refractivity contribution in [2.24, 2.45) is 0 Å². The van der Waals surface area contributed by atoms with Crippen LogP contribution in [-0.4, -0.2) is 0 Å². The van der Waals surface area contributed by atoms with Crippen LogP contribution in [0.25, 0.3) is 109 Å². The predicted molar refractivity (Wildman–Crippen MR) is 241 cm³/mol. The molecule has 0 bridgehead atoms. The van der Waals surface area contributed by atoms with E-state index in [-0.39, 0.29) is 0 Å². The van der Waals surface area contributed by atoms with Crippen LogP contribution >= 0.6 is 0 Å². The summed E-state index contributed by atoms with van der Waals surface area (Å²) in [4.78, 5) is 0. The summed E-state index contributed by atoms with van der Waals surface area (Å²) in [6.07, 6.45) is 0. The van der Waals surface area contributed by atoms with Crippen LogP contribution in [-0.2, 0) is 0 Å². The fraction of sp³-hybridized carbons (Fsp3) is 0. The van der Waals surface area contributed by atoms with Crippen molar-refractivity contribution in [1.82, 2.24) is 0 Å². The Morgan fingerprint density at radius 2 is 0.661 bits per heavy atom. The van der Waals surface area contributed by atoms with E-state index in [4.69, 9.17) is 0 Å². The van der Waals surface area contributed by atoms with Crippen molar-refractivity contribution in [3.63, 3.8) is 0 Å². The van der Waals surface area contributed by atoms with Gasteiger partial charge in [-0.05, 0) is 122 Å². The minimum absolute atomic E-state index is 1.20. The summed E-state index contributed by atoms with van der Waals surface area (Å²) < 4.78 is 0. The lowest BCUT2D eigenvalue weighted by molar-refractivity contribution is 1.61. The molecule has 260 valence electrons. The highest BCUT2D eigenvalue weighted by Gasteiger charge is 2.21. The Labute approximate surface area is 326 Å². The van der Waals surface area contributed by atoms with E-state index >= 15 is 0 Å². The summed E-state index contributed by atoms with van der Waals surface area (Å²) in [5, 5.41) is 12.6. The maximum absolute atomic E-state index is 2.38. The van der Waals surface area contributed by atoms with E-state index in [1.54, 1.807) is 0 Å². The van der Waals surface area contributed by atoms with Crippen LogP contribution in [0, 0.1) is 0 Å². The molecular formula is C56H36. The number of hydrogen-bond donors (Lipinski definition) is 0. The van der Waals surface area contributed by atoms with Crippen molar-refractivity contribution >= 4 is 53.9 Å². The monoisotopic (exact) mass is 708 g/mol. The lowest BCUT2D eigenvalue weighted by Gasteiger charge is -2.21. The van der Waals surface area contributed by atoms with E-state index in [0.717, 1.165) is 0 Å². The van der Waals surface area contributed by atoms with E-state index in [9.17, 15) is 0 Å². The van der Waals surface area contributed by atoms with E-state index in [0.29, 0.717) is 0 Å². The smallest absolute Gasteiger partial charge is 0.00141 e. The van der Waals surface area contributed by atoms with Gasteiger partial charge in [0, 0.05) is 0 Å². The third kappa shape index (κ3) is 5.30. The molecule has 0 N–H and O–H groups in total. The van der Waals surface area contributed by atoms with Crippen molar-refractivity contribution < 1.29 is 0 Å². The lowest BCUT2D eigenvalue weighted by Crippen LogP contribution is -1.94. The molecule has 11 aromatic rings. The molecule has 11 aromatic carbocycles. The molecule has 0 aliphatic rings. The number of benzene rings is 11. The number of hydrogen-bond acceptors (Lipinski definition) is 0. The maximum Gasteiger partial charge on any atom is -0.00141 e. The van der Waals surface area contributed by atoms with Crippen LogP contribution in [0.1, 0.15) is 0 Å². The highest BCUT2D eigenvalue weighted by Crippen LogP contribution is 2.48. The van der Waals surface area contributed by atoms with E-state index in [1.807, 2.05) is 0 Å². The fourth-order valence-corrected chi connectivity index (χ4v) is 9.03. The van der Waals surface area contributed by atoms with Crippen LogP contribution in [0.4, 0.5) is 0 Å². The zero-order valence-electron chi connectivity index (χ0n) is 30.8. The van der Waals surface area contributed by atoms with Crippen molar-refractivity contribution in [3.8, 4) is 55.6 Å². The first-order valence-electron chi connectivity index (χ1n) is 19.4. The van der Waals surface area contributed by atoms with Gasteiger partial charge >= 0.3 is 0 Å². The Morgan fingerprint density at radius 1 is 0.196 bits per heavy atom. The van der Waals surface area contributed by atoms with Crippen LogP contribution in [0.5, 0.6) is 0 Å². The summed E-state index contributed by atoms with van der Waals surface area (Å²) in [5.74, 6) is 0. The molecule has 0 spiro atoms. The summed E-state index contributed by atoms with van der Waals surface area (Å²) in [6, 6.07) is 80.5. The molecule has 0 atom stereocenters. The Bertz CT molecular complexity index is 3280. The van der Waals surface area contributed by atoms with Gasteiger partial charge in [0.05, 0.1) is 0 Å². The molecule has 0 nitrogen and oxygen atoms in total. The molecular weight excluding hydrogens is 673 g/mol. The molecule has 0 aliphatic heterocycles. The highest BCUT2D eigenvalue weighted by molar-refractivity contribution is 6.26. The second kappa shape index (κ2) is 13.2. The lowest BCUT2D eigenvalue weighted by atomic mass is 9.81. The number of fused-ring (bicyclic) bond motifs is 5. The highest BCUT2D eigenvalue weighted by atomic mass is 14.2. The van der Waals surface area contributed by atoms with Crippen LogP contribution in [0.2, 0.25) is 0 Å². The fourth-order valence-electron chi connectivity index (χ4n) is 9.03. The van der Waals surface area contributed by atoms with Crippen molar-refractivity contribution in [1.29, 1.82) is 0 Å². The molecule has 11 rings (SSSR count). The van der Waals surface area contributed by atoms with Crippen LogP contribution in [0.15, 0.2) is 218 Å². The molecule has 0 amide bonds. The first kappa shape index (κ1) is 32.2. The predicted octanol–water partition coefficient (Wildman–Crippen LogP) is 15.8. The zero-order chi connectivity index (χ0) is 37.0. The average molecular weight is 709 g/mol. The molecule has 56 heavy (non-hydrogen) atoms. The Hall–Kier alpha value is -7.28. The van der Waals surface area contributed by atoms with Gasteiger partial charge in [0.25, 0.3) is 0 Å². The molecule has 0 saturated heterocycles. The molecule has 0 aromatic heterocycles. The maximum atomic E-state index is 2.38. The summed E-state index contributed by atoms with van der Waals surface area (Å²) in [6.45, 7) is 0. The third-order valence-electron chi connectivity index (χ3n) is 11.6. The first-order chi connectivity index (χ1) is 27.8. The second-order valence-corrected chi connectivity index (χ2v) is 14.8. The topological polar surface area (TPSA) is 0 Å². The standard InChI is InChI=1S/C56H36/c1-2-16-42-35-43(34-31-37(42)13-1)38-29-32-41(33-30-38)54-51-23-7-8-24-52(51)55(50-27-11-18-40-15-4-6-22-47(40)50)53-28-12-26-49(56(53)54)45-20-9-19-44(36-45)48-25-10-17-39-14-3-5-21-46(39)48/h1-36H. The van der Waals surface area contributed by atoms with Crippen molar-refractivity contribution in [2.45, 2.75) is 0 Å². The van der Waals surface area contributed by atoms with Gasteiger partial charge in [-0.25, -0.2) is 0 Å². The number of rotatable bonds is 5. The summed E-state index contributed by atoms with van der Waals surface area (Å²) in [5.41, 5.74) is 12.3. The third-order valence-corrected chi connectivity index (χ3v) is 11.6. The molecule has 0 saturated carbocycles. The Kier molecular flexibility index (Phi) is 7.60. The van der Waals surface area contributed by atoms with E-state index in [1.165, 1.54) is 109 Å². The van der Waals surface area contributed by atoms with Crippen molar-refractivity contribution in [2.75, 3.05) is 0 Å². The van der Waals surface area contributed by atoms with Crippen molar-refractivity contribution in [3.05, 3.63) is 218 Å².